The van der Waals surface area contributed by atoms with Gasteiger partial charge in [-0.1, -0.05) is 124 Å². The van der Waals surface area contributed by atoms with Crippen LogP contribution in [0.2, 0.25) is 0 Å². The monoisotopic (exact) mass is 652 g/mol. The van der Waals surface area contributed by atoms with Crippen molar-refractivity contribution in [3.8, 4) is 11.1 Å². The Kier molecular flexibility index (Phi) is 11.7. The van der Waals surface area contributed by atoms with Crippen molar-refractivity contribution in [2.45, 2.75) is 106 Å². The van der Waals surface area contributed by atoms with Gasteiger partial charge >= 0.3 is 68.0 Å². The van der Waals surface area contributed by atoms with Gasteiger partial charge in [0, 0.05) is 0 Å². The first kappa shape index (κ1) is 35.3. The minimum atomic E-state index is -0.170. The first-order valence-corrected chi connectivity index (χ1v) is 17.2. The van der Waals surface area contributed by atoms with Crippen LogP contribution in [0.5, 0.6) is 0 Å². The van der Waals surface area contributed by atoms with Crippen molar-refractivity contribution < 1.29 is 28.6 Å². The summed E-state index contributed by atoms with van der Waals surface area (Å²) in [5.41, 5.74) is 13.1. The van der Waals surface area contributed by atoms with Crippen molar-refractivity contribution in [1.29, 1.82) is 0 Å². The van der Waals surface area contributed by atoms with E-state index in [2.05, 4.69) is 125 Å². The van der Waals surface area contributed by atoms with Gasteiger partial charge in [0.1, 0.15) is 0 Å². The van der Waals surface area contributed by atoms with Crippen molar-refractivity contribution in [2.24, 2.45) is 11.3 Å². The molecular weight excluding hydrogens is 603 g/mol. The second-order valence-corrected chi connectivity index (χ2v) is 15.5. The van der Waals surface area contributed by atoms with Gasteiger partial charge < -0.3 is 0 Å². The normalized spacial score (nSPS) is 15.7. The van der Waals surface area contributed by atoms with Crippen LogP contribution >= 0.6 is 0 Å². The molecule has 2 aliphatic rings. The zero-order valence-electron chi connectivity index (χ0n) is 28.4. The van der Waals surface area contributed by atoms with E-state index in [1.54, 1.807) is 12.1 Å². The predicted molar refractivity (Wildman–Crippen MR) is 181 cm³/mol. The van der Waals surface area contributed by atoms with Crippen LogP contribution in [0.15, 0.2) is 71.8 Å². The zero-order valence-corrected chi connectivity index (χ0v) is 30.9. The molecule has 0 N–H and O–H groups in total. The second-order valence-electron chi connectivity index (χ2n) is 14.8. The van der Waals surface area contributed by atoms with Crippen molar-refractivity contribution in [1.82, 2.24) is 0 Å². The molecule has 0 spiro atoms. The Hall–Kier alpha value is -2.18. The minimum absolute atomic E-state index is 0.167. The third-order valence-electron chi connectivity index (χ3n) is 8.15. The summed E-state index contributed by atoms with van der Waals surface area (Å²) in [4.78, 5) is 0. The van der Waals surface area contributed by atoms with Crippen LogP contribution in [-0.4, -0.2) is 3.71 Å². The van der Waals surface area contributed by atoms with Gasteiger partial charge in [0.05, 0.1) is 0 Å². The van der Waals surface area contributed by atoms with Crippen LogP contribution in [0.3, 0.4) is 0 Å². The van der Waals surface area contributed by atoms with Crippen LogP contribution < -0.4 is 0 Å². The van der Waals surface area contributed by atoms with E-state index in [9.17, 15) is 4.39 Å². The van der Waals surface area contributed by atoms with Gasteiger partial charge in [-0.05, 0) is 28.4 Å². The Morgan fingerprint density at radius 3 is 1.93 bits per heavy atom. The molecule has 0 fully saturated rings. The molecule has 0 saturated carbocycles. The number of hydrogen-bond donors (Lipinski definition) is 0. The summed E-state index contributed by atoms with van der Waals surface area (Å²) in [6.07, 6.45) is 9.31. The van der Waals surface area contributed by atoms with Crippen LogP contribution in [0.1, 0.15) is 117 Å². The number of halogens is 1. The molecule has 0 radical (unpaired) electrons. The Morgan fingerprint density at radius 1 is 0.814 bits per heavy atom. The Labute approximate surface area is 277 Å². The number of hydrogen-bond acceptors (Lipinski definition) is 0. The predicted octanol–water partition coefficient (Wildman–Crippen LogP) is 11.3. The van der Waals surface area contributed by atoms with Gasteiger partial charge in [0.15, 0.2) is 0 Å². The summed E-state index contributed by atoms with van der Waals surface area (Å²) in [7, 11) is 0. The molecule has 3 aromatic rings. The Morgan fingerprint density at radius 2 is 1.44 bits per heavy atom. The molecule has 1 atom stereocenters. The fourth-order valence-electron chi connectivity index (χ4n) is 5.45. The third kappa shape index (κ3) is 9.41. The third-order valence-corrected chi connectivity index (χ3v) is 8.97. The number of benzene rings is 3. The summed E-state index contributed by atoms with van der Waals surface area (Å²) < 4.78 is 14.2. The second kappa shape index (κ2) is 14.3. The molecule has 5 rings (SSSR count). The number of rotatable bonds is 3. The van der Waals surface area contributed by atoms with E-state index < -0.39 is 0 Å². The standard InChI is InChI=1S/C21H25.C13H21.C7H5F.Zr/c1-20(2,3)16-7-9-18-14(12-16)11-15-13-17(21(4,5)6)8-10-19(15)18;1-6-10-8-11(7-2)12(9-10)13(3,4)5;1-6-2-4-7(8)5-3-6;/h7-10,12H,11H2,1-6H3;9-10H,6-7H2,1-5H3;1-5H;/q2*-1;;+2. The van der Waals surface area contributed by atoms with E-state index in [1.165, 1.54) is 87.3 Å². The average Bonchev–Trinajstić information content (AvgIpc) is 3.54. The molecule has 0 saturated heterocycles. The van der Waals surface area contributed by atoms with Gasteiger partial charge in [-0.25, -0.2) is 5.57 Å². The van der Waals surface area contributed by atoms with E-state index in [0.717, 1.165) is 18.4 Å². The SMILES string of the molecule is CC(C)(C)c1[c-]c2c(cc1)-c1ccc(C(C)(C)C)cc1C2.CCC1=[C-]C(CC)C=C1C(C)(C)C.Fc1ccc([CH]=[Zr+2])cc1. The average molecular weight is 654 g/mol. The molecule has 2 aliphatic carbocycles. The number of fused-ring (bicyclic) bond motifs is 3. The zero-order chi connectivity index (χ0) is 32.2. The summed E-state index contributed by atoms with van der Waals surface area (Å²) in [6, 6.07) is 21.6. The van der Waals surface area contributed by atoms with Crippen LogP contribution in [0.4, 0.5) is 4.39 Å². The maximum absolute atomic E-state index is 12.2. The van der Waals surface area contributed by atoms with Crippen molar-refractivity contribution in [3.63, 3.8) is 0 Å². The first-order valence-electron chi connectivity index (χ1n) is 15.8. The summed E-state index contributed by atoms with van der Waals surface area (Å²) in [5, 5.41) is 0. The van der Waals surface area contributed by atoms with Gasteiger partial charge in [-0.2, -0.15) is 35.4 Å². The molecule has 0 heterocycles. The number of allylic oxidation sites excluding steroid dienone is 4. The molecule has 226 valence electrons. The van der Waals surface area contributed by atoms with Gasteiger partial charge in [0.2, 0.25) is 0 Å². The van der Waals surface area contributed by atoms with Crippen LogP contribution in [0, 0.1) is 29.3 Å². The fraction of sp³-hybridized carbons (Fsp3) is 0.439. The summed E-state index contributed by atoms with van der Waals surface area (Å²) in [5.74, 6) is 0.403. The molecule has 0 bridgehead atoms. The van der Waals surface area contributed by atoms with Crippen LogP contribution in [-0.2, 0) is 41.5 Å². The van der Waals surface area contributed by atoms with E-state index in [4.69, 9.17) is 0 Å². The molecule has 0 aromatic heterocycles. The summed E-state index contributed by atoms with van der Waals surface area (Å²) >= 11 is 1.34. The maximum atomic E-state index is 12.2. The molecular formula is C41H51FZr. The van der Waals surface area contributed by atoms with E-state index in [0.29, 0.717) is 11.3 Å². The van der Waals surface area contributed by atoms with Gasteiger partial charge in [-0.3, -0.25) is 6.08 Å². The molecule has 0 amide bonds. The molecule has 3 aromatic carbocycles. The quantitative estimate of drug-likeness (QED) is 0.193. The Balaban J connectivity index is 0.000000196. The topological polar surface area (TPSA) is 0 Å². The van der Waals surface area contributed by atoms with Crippen molar-refractivity contribution >= 4 is 3.71 Å². The molecule has 0 aliphatic heterocycles. The van der Waals surface area contributed by atoms with Gasteiger partial charge in [0.25, 0.3) is 0 Å². The fourth-order valence-corrected chi connectivity index (χ4v) is 5.92. The molecule has 2 heteroatoms. The first-order chi connectivity index (χ1) is 20.0. The van der Waals surface area contributed by atoms with Gasteiger partial charge in [-0.15, -0.1) is 11.1 Å². The van der Waals surface area contributed by atoms with E-state index in [1.807, 2.05) is 3.71 Å². The van der Waals surface area contributed by atoms with E-state index in [-0.39, 0.29) is 16.6 Å². The summed E-state index contributed by atoms with van der Waals surface area (Å²) in [6.45, 7) is 24.9. The molecule has 1 unspecified atom stereocenters. The van der Waals surface area contributed by atoms with Crippen LogP contribution in [0.25, 0.3) is 11.1 Å². The molecule has 43 heavy (non-hydrogen) atoms. The van der Waals surface area contributed by atoms with E-state index >= 15 is 0 Å². The van der Waals surface area contributed by atoms with Crippen molar-refractivity contribution in [3.05, 3.63) is 118 Å². The van der Waals surface area contributed by atoms with Crippen molar-refractivity contribution in [2.75, 3.05) is 0 Å². The molecule has 0 nitrogen and oxygen atoms in total. The Bertz CT molecular complexity index is 1400.